The highest BCUT2D eigenvalue weighted by Gasteiger charge is 2.26. The molecule has 7 heteroatoms. The maximum atomic E-state index is 12.0. The van der Waals surface area contributed by atoms with Crippen molar-refractivity contribution in [2.24, 2.45) is 5.92 Å². The zero-order valence-electron chi connectivity index (χ0n) is 11.7. The van der Waals surface area contributed by atoms with Gasteiger partial charge in [-0.05, 0) is 38.9 Å². The summed E-state index contributed by atoms with van der Waals surface area (Å²) in [5.74, 6) is -1.11. The fourth-order valence-corrected chi connectivity index (χ4v) is 2.90. The van der Waals surface area contributed by atoms with Crippen molar-refractivity contribution in [1.29, 1.82) is 0 Å². The molecule has 1 rings (SSSR count). The number of urea groups is 1. The van der Waals surface area contributed by atoms with Gasteiger partial charge < -0.3 is 15.3 Å². The topological polar surface area (TPSA) is 69.6 Å². The van der Waals surface area contributed by atoms with Crippen LogP contribution in [0.3, 0.4) is 0 Å². The van der Waals surface area contributed by atoms with E-state index >= 15 is 0 Å². The third-order valence-corrected chi connectivity index (χ3v) is 4.70. The molecule has 2 N–H and O–H groups in total. The predicted octanol–water partition coefficient (Wildman–Crippen LogP) is 3.15. The molecular formula is C13H19BrN2O3S. The van der Waals surface area contributed by atoms with Gasteiger partial charge in [0, 0.05) is 13.6 Å². The number of thiophene rings is 1. The number of carboxylic acid groups (broad SMARTS) is 1. The van der Waals surface area contributed by atoms with Gasteiger partial charge in [-0.25, -0.2) is 9.59 Å². The lowest BCUT2D eigenvalue weighted by Gasteiger charge is -2.24. The number of aliphatic carboxylic acids is 1. The third-order valence-electron chi connectivity index (χ3n) is 3.15. The van der Waals surface area contributed by atoms with Gasteiger partial charge in [-0.1, -0.05) is 20.3 Å². The molecule has 1 aromatic heterocycles. The van der Waals surface area contributed by atoms with E-state index in [0.717, 1.165) is 9.35 Å². The van der Waals surface area contributed by atoms with Gasteiger partial charge in [-0.3, -0.25) is 0 Å². The molecule has 0 aliphatic carbocycles. The summed E-state index contributed by atoms with van der Waals surface area (Å²) in [5.41, 5.74) is 1.01. The number of halogens is 1. The van der Waals surface area contributed by atoms with Crippen LogP contribution >= 0.6 is 27.3 Å². The molecule has 112 valence electrons. The van der Waals surface area contributed by atoms with Crippen molar-refractivity contribution in [2.45, 2.75) is 32.9 Å². The van der Waals surface area contributed by atoms with Gasteiger partial charge in [-0.15, -0.1) is 11.3 Å². The van der Waals surface area contributed by atoms with Crippen LogP contribution in [0.2, 0.25) is 0 Å². The van der Waals surface area contributed by atoms with Crippen LogP contribution in [0.15, 0.2) is 15.2 Å². The average Bonchev–Trinajstić information content (AvgIpc) is 2.79. The number of rotatable bonds is 6. The number of nitrogens with zero attached hydrogens (tertiary/aromatic N) is 1. The Labute approximate surface area is 131 Å². The van der Waals surface area contributed by atoms with Gasteiger partial charge >= 0.3 is 12.0 Å². The van der Waals surface area contributed by atoms with E-state index in [0.29, 0.717) is 13.0 Å². The number of hydrogen-bond donors (Lipinski definition) is 2. The lowest BCUT2D eigenvalue weighted by molar-refractivity contribution is -0.140. The fourth-order valence-electron chi connectivity index (χ4n) is 1.70. The minimum absolute atomic E-state index is 0.111. The van der Waals surface area contributed by atoms with Crippen LogP contribution in [0, 0.1) is 5.92 Å². The molecular weight excluding hydrogens is 344 g/mol. The van der Waals surface area contributed by atoms with Crippen LogP contribution in [-0.4, -0.2) is 35.1 Å². The molecule has 20 heavy (non-hydrogen) atoms. The molecule has 0 fully saturated rings. The highest BCUT2D eigenvalue weighted by Crippen LogP contribution is 2.21. The number of carbonyl (C=O) groups is 2. The van der Waals surface area contributed by atoms with Crippen LogP contribution in [0.25, 0.3) is 0 Å². The van der Waals surface area contributed by atoms with Crippen molar-refractivity contribution in [2.75, 3.05) is 7.05 Å². The van der Waals surface area contributed by atoms with E-state index in [1.165, 1.54) is 4.90 Å². The Bertz CT molecular complexity index is 478. The number of carboxylic acids is 1. The zero-order valence-corrected chi connectivity index (χ0v) is 14.1. The predicted molar refractivity (Wildman–Crippen MR) is 82.9 cm³/mol. The molecule has 2 amide bonds. The van der Waals surface area contributed by atoms with Gasteiger partial charge in [0.1, 0.15) is 6.04 Å². The van der Waals surface area contributed by atoms with Gasteiger partial charge in [0.05, 0.1) is 3.79 Å². The Hall–Kier alpha value is -1.08. The van der Waals surface area contributed by atoms with Crippen molar-refractivity contribution >= 4 is 39.3 Å². The first-order valence-electron chi connectivity index (χ1n) is 6.32. The number of hydrogen-bond acceptors (Lipinski definition) is 3. The van der Waals surface area contributed by atoms with Crippen molar-refractivity contribution in [1.82, 2.24) is 10.2 Å². The van der Waals surface area contributed by atoms with E-state index in [1.54, 1.807) is 18.4 Å². The molecule has 2 atom stereocenters. The van der Waals surface area contributed by atoms with E-state index in [2.05, 4.69) is 21.2 Å². The summed E-state index contributed by atoms with van der Waals surface area (Å²) in [5, 5.41) is 13.7. The SMILES string of the molecule is CCC(C)C(NC(=O)N(C)Cc1csc(Br)c1)C(=O)O. The maximum absolute atomic E-state index is 12.0. The Morgan fingerprint density at radius 1 is 1.55 bits per heavy atom. The van der Waals surface area contributed by atoms with E-state index in [-0.39, 0.29) is 11.9 Å². The fraction of sp³-hybridized carbons (Fsp3) is 0.538. The largest absolute Gasteiger partial charge is 0.480 e. The molecule has 0 bridgehead atoms. The third kappa shape index (κ3) is 4.79. The van der Waals surface area contributed by atoms with Crippen molar-refractivity contribution in [3.8, 4) is 0 Å². The van der Waals surface area contributed by atoms with Crippen LogP contribution < -0.4 is 5.32 Å². The maximum Gasteiger partial charge on any atom is 0.326 e. The monoisotopic (exact) mass is 362 g/mol. The first-order chi connectivity index (χ1) is 9.35. The van der Waals surface area contributed by atoms with E-state index in [4.69, 9.17) is 5.11 Å². The second-order valence-electron chi connectivity index (χ2n) is 4.77. The molecule has 0 saturated heterocycles. The highest BCUT2D eigenvalue weighted by atomic mass is 79.9. The van der Waals surface area contributed by atoms with Gasteiger partial charge in [0.15, 0.2) is 0 Å². The van der Waals surface area contributed by atoms with E-state index in [1.807, 2.05) is 25.3 Å². The summed E-state index contributed by atoms with van der Waals surface area (Å²) in [6.07, 6.45) is 0.693. The standard InChI is InChI=1S/C13H19BrN2O3S/c1-4-8(2)11(12(17)18)15-13(19)16(3)6-9-5-10(14)20-7-9/h5,7-8,11H,4,6H2,1-3H3,(H,15,19)(H,17,18). The number of nitrogens with one attached hydrogen (secondary N) is 1. The molecule has 0 saturated carbocycles. The molecule has 1 heterocycles. The van der Waals surface area contributed by atoms with Crippen LogP contribution in [0.5, 0.6) is 0 Å². The molecule has 0 aliphatic heterocycles. The highest BCUT2D eigenvalue weighted by molar-refractivity contribution is 9.11. The summed E-state index contributed by atoms with van der Waals surface area (Å²) >= 11 is 4.92. The Morgan fingerprint density at radius 2 is 2.20 bits per heavy atom. The van der Waals surface area contributed by atoms with Crippen LogP contribution in [0.1, 0.15) is 25.8 Å². The second kappa shape index (κ2) is 7.64. The molecule has 2 unspecified atom stereocenters. The molecule has 0 radical (unpaired) electrons. The molecule has 0 aliphatic rings. The minimum Gasteiger partial charge on any atom is -0.480 e. The van der Waals surface area contributed by atoms with Gasteiger partial charge in [0.2, 0.25) is 0 Å². The lowest BCUT2D eigenvalue weighted by atomic mass is 9.99. The quantitative estimate of drug-likeness (QED) is 0.816. The summed E-state index contributed by atoms with van der Waals surface area (Å²) < 4.78 is 1.00. The second-order valence-corrected chi connectivity index (χ2v) is 7.06. The summed E-state index contributed by atoms with van der Waals surface area (Å²) in [6, 6.07) is 0.710. The first kappa shape index (κ1) is 17.0. The zero-order chi connectivity index (χ0) is 15.3. The molecule has 0 aromatic carbocycles. The number of amides is 2. The van der Waals surface area contributed by atoms with Crippen LogP contribution in [-0.2, 0) is 11.3 Å². The van der Waals surface area contributed by atoms with E-state index in [9.17, 15) is 9.59 Å². The minimum atomic E-state index is -1.00. The van der Waals surface area contributed by atoms with Crippen molar-refractivity contribution in [3.05, 3.63) is 20.8 Å². The molecule has 0 spiro atoms. The first-order valence-corrected chi connectivity index (χ1v) is 7.99. The van der Waals surface area contributed by atoms with Gasteiger partial charge in [0.25, 0.3) is 0 Å². The Morgan fingerprint density at radius 3 is 2.65 bits per heavy atom. The average molecular weight is 363 g/mol. The normalized spacial score (nSPS) is 13.6. The molecule has 5 nitrogen and oxygen atoms in total. The molecule has 1 aromatic rings. The lowest BCUT2D eigenvalue weighted by Crippen LogP contribution is -2.49. The summed E-state index contributed by atoms with van der Waals surface area (Å²) in [6.45, 7) is 4.16. The number of carbonyl (C=O) groups excluding carboxylic acids is 1. The Kier molecular flexibility index (Phi) is 6.48. The Balaban J connectivity index is 2.61. The van der Waals surface area contributed by atoms with Crippen molar-refractivity contribution in [3.63, 3.8) is 0 Å². The van der Waals surface area contributed by atoms with Gasteiger partial charge in [-0.2, -0.15) is 0 Å². The van der Waals surface area contributed by atoms with E-state index < -0.39 is 12.0 Å². The smallest absolute Gasteiger partial charge is 0.326 e. The van der Waals surface area contributed by atoms with Crippen LogP contribution in [0.4, 0.5) is 4.79 Å². The summed E-state index contributed by atoms with van der Waals surface area (Å²) in [7, 11) is 1.65. The van der Waals surface area contributed by atoms with Crippen molar-refractivity contribution < 1.29 is 14.7 Å². The summed E-state index contributed by atoms with van der Waals surface area (Å²) in [4.78, 5) is 24.7.